The molecule has 1 rings (SSSR count). The number of benzene rings is 1. The van der Waals surface area contributed by atoms with Crippen LogP contribution in [0.2, 0.25) is 0 Å². The summed E-state index contributed by atoms with van der Waals surface area (Å²) in [6, 6.07) is 5.34. The van der Waals surface area contributed by atoms with Crippen LogP contribution in [0.1, 0.15) is 0 Å². The van der Waals surface area contributed by atoms with E-state index in [0.29, 0.717) is 0 Å². The molecule has 0 saturated heterocycles. The van der Waals surface area contributed by atoms with Gasteiger partial charge in [0.15, 0.2) is 5.75 Å². The molecule has 20 heavy (non-hydrogen) atoms. The predicted octanol–water partition coefficient (Wildman–Crippen LogP) is 0.182. The monoisotopic (exact) mass is 278 g/mol. The highest BCUT2D eigenvalue weighted by molar-refractivity contribution is 6.39. The van der Waals surface area contributed by atoms with Crippen LogP contribution in [0, 0.1) is 21.4 Å². The lowest BCUT2D eigenvalue weighted by Crippen LogP contribution is -2.35. The smallest absolute Gasteiger partial charge is 0.313 e. The first-order chi connectivity index (χ1) is 9.49. The Balaban J connectivity index is 2.86. The molecule has 0 spiro atoms. The number of carbonyl (C=O) groups excluding carboxylic acids is 2. The van der Waals surface area contributed by atoms with Crippen LogP contribution in [0.15, 0.2) is 18.2 Å². The number of rotatable bonds is 4. The molecule has 0 fully saturated rings. The van der Waals surface area contributed by atoms with Crippen molar-refractivity contribution >= 4 is 23.2 Å². The molecule has 0 aromatic heterocycles. The second-order valence-electron chi connectivity index (χ2n) is 3.44. The normalized spacial score (nSPS) is 9.20. The van der Waals surface area contributed by atoms with Crippen LogP contribution in [0.25, 0.3) is 0 Å². The number of ether oxygens (including phenoxy) is 1. The van der Waals surface area contributed by atoms with Gasteiger partial charge in [-0.2, -0.15) is 5.26 Å². The van der Waals surface area contributed by atoms with E-state index >= 15 is 0 Å². The molecule has 0 bridgehead atoms. The molecular weight excluding hydrogens is 268 g/mol. The van der Waals surface area contributed by atoms with Crippen molar-refractivity contribution in [2.75, 3.05) is 19.0 Å². The van der Waals surface area contributed by atoms with E-state index in [1.807, 2.05) is 5.32 Å². The molecule has 0 atom stereocenters. The van der Waals surface area contributed by atoms with E-state index in [-0.39, 0.29) is 23.7 Å². The Morgan fingerprint density at radius 3 is 2.70 bits per heavy atom. The Labute approximate surface area is 113 Å². The number of nitro groups is 1. The Morgan fingerprint density at radius 2 is 2.15 bits per heavy atom. The number of hydrogen-bond acceptors (Lipinski definition) is 6. The maximum Gasteiger partial charge on any atom is 0.313 e. The van der Waals surface area contributed by atoms with E-state index in [1.54, 1.807) is 6.07 Å². The van der Waals surface area contributed by atoms with Crippen LogP contribution in [-0.4, -0.2) is 30.4 Å². The summed E-state index contributed by atoms with van der Waals surface area (Å²) in [4.78, 5) is 32.8. The molecule has 0 unspecified atom stereocenters. The van der Waals surface area contributed by atoms with E-state index < -0.39 is 16.7 Å². The fourth-order valence-corrected chi connectivity index (χ4v) is 1.30. The number of nitrogens with one attached hydrogen (secondary N) is 2. The third kappa shape index (κ3) is 3.67. The Bertz CT molecular complexity index is 593. The fraction of sp³-hybridized carbons (Fsp3) is 0.182. The van der Waals surface area contributed by atoms with E-state index in [2.05, 4.69) is 5.32 Å². The minimum atomic E-state index is -1.03. The highest BCUT2D eigenvalue weighted by Gasteiger charge is 2.18. The summed E-state index contributed by atoms with van der Waals surface area (Å²) in [5, 5.41) is 23.3. The molecule has 0 aliphatic rings. The number of anilines is 1. The zero-order valence-electron chi connectivity index (χ0n) is 10.4. The molecule has 0 heterocycles. The van der Waals surface area contributed by atoms with Gasteiger partial charge in [0.05, 0.1) is 18.1 Å². The van der Waals surface area contributed by atoms with Gasteiger partial charge in [-0.15, -0.1) is 0 Å². The molecule has 0 saturated carbocycles. The summed E-state index contributed by atoms with van der Waals surface area (Å²) >= 11 is 0. The van der Waals surface area contributed by atoms with Gasteiger partial charge in [0.25, 0.3) is 0 Å². The number of nitrogens with zero attached hydrogens (tertiary/aromatic N) is 2. The quantitative estimate of drug-likeness (QED) is 0.349. The van der Waals surface area contributed by atoms with Gasteiger partial charge in [-0.3, -0.25) is 19.7 Å². The average molecular weight is 278 g/mol. The Hall–Kier alpha value is -3.15. The van der Waals surface area contributed by atoms with Crippen LogP contribution >= 0.6 is 0 Å². The predicted molar refractivity (Wildman–Crippen MR) is 66.9 cm³/mol. The van der Waals surface area contributed by atoms with Crippen LogP contribution in [0.4, 0.5) is 11.4 Å². The first kappa shape index (κ1) is 14.9. The molecule has 9 nitrogen and oxygen atoms in total. The molecule has 2 amide bonds. The average Bonchev–Trinajstić information content (AvgIpc) is 2.44. The van der Waals surface area contributed by atoms with Crippen molar-refractivity contribution in [1.82, 2.24) is 5.32 Å². The maximum atomic E-state index is 11.4. The molecule has 104 valence electrons. The topological polar surface area (TPSA) is 134 Å². The zero-order valence-corrected chi connectivity index (χ0v) is 10.4. The summed E-state index contributed by atoms with van der Waals surface area (Å²) in [6.45, 7) is -0.311. The van der Waals surface area contributed by atoms with Crippen molar-refractivity contribution in [3.8, 4) is 11.8 Å². The highest BCUT2D eigenvalue weighted by atomic mass is 16.6. The summed E-state index contributed by atoms with van der Waals surface area (Å²) in [6.07, 6.45) is 0. The van der Waals surface area contributed by atoms with Crippen molar-refractivity contribution in [1.29, 1.82) is 5.26 Å². The van der Waals surface area contributed by atoms with Crippen molar-refractivity contribution < 1.29 is 19.2 Å². The maximum absolute atomic E-state index is 11.4. The van der Waals surface area contributed by atoms with Gasteiger partial charge in [-0.1, -0.05) is 0 Å². The van der Waals surface area contributed by atoms with Gasteiger partial charge >= 0.3 is 17.5 Å². The molecule has 1 aromatic rings. The van der Waals surface area contributed by atoms with Gasteiger partial charge in [-0.25, -0.2) is 0 Å². The van der Waals surface area contributed by atoms with Gasteiger partial charge < -0.3 is 15.4 Å². The van der Waals surface area contributed by atoms with Crippen LogP contribution in [-0.2, 0) is 9.59 Å². The van der Waals surface area contributed by atoms with Crippen LogP contribution in [0.5, 0.6) is 5.75 Å². The number of amides is 2. The van der Waals surface area contributed by atoms with Crippen molar-refractivity contribution in [2.24, 2.45) is 0 Å². The van der Waals surface area contributed by atoms with E-state index in [4.69, 9.17) is 10.00 Å². The summed E-state index contributed by atoms with van der Waals surface area (Å²) in [5.74, 6) is -2.01. The number of carbonyl (C=O) groups is 2. The molecular formula is C11H10N4O5. The lowest BCUT2D eigenvalue weighted by molar-refractivity contribution is -0.385. The second-order valence-corrected chi connectivity index (χ2v) is 3.44. The van der Waals surface area contributed by atoms with Crippen molar-refractivity contribution in [2.45, 2.75) is 0 Å². The first-order valence-electron chi connectivity index (χ1n) is 5.28. The largest absolute Gasteiger partial charge is 0.490 e. The minimum absolute atomic E-state index is 0.0296. The van der Waals surface area contributed by atoms with E-state index in [1.165, 1.54) is 19.2 Å². The Kier molecular flexibility index (Phi) is 4.99. The standard InChI is InChI=1S/C11H10N4O5/c1-20-9-3-2-7(6-8(9)15(18)19)14-11(17)10(16)13-5-4-12/h2-3,6H,5H2,1H3,(H,13,16)(H,14,17). The molecule has 9 heteroatoms. The first-order valence-corrected chi connectivity index (χ1v) is 5.28. The second kappa shape index (κ2) is 6.69. The Morgan fingerprint density at radius 1 is 1.45 bits per heavy atom. The molecule has 0 aliphatic carbocycles. The van der Waals surface area contributed by atoms with Gasteiger partial charge in [0.1, 0.15) is 6.54 Å². The molecule has 0 aliphatic heterocycles. The van der Waals surface area contributed by atoms with E-state index in [0.717, 1.165) is 6.07 Å². The number of nitro benzene ring substituents is 1. The lowest BCUT2D eigenvalue weighted by Gasteiger charge is -2.06. The summed E-state index contributed by atoms with van der Waals surface area (Å²) < 4.78 is 4.80. The van der Waals surface area contributed by atoms with Gasteiger partial charge in [0.2, 0.25) is 0 Å². The third-order valence-electron chi connectivity index (χ3n) is 2.17. The van der Waals surface area contributed by atoms with Crippen LogP contribution < -0.4 is 15.4 Å². The zero-order chi connectivity index (χ0) is 15.1. The van der Waals surface area contributed by atoms with Gasteiger partial charge in [-0.05, 0) is 12.1 Å². The van der Waals surface area contributed by atoms with Crippen molar-refractivity contribution in [3.05, 3.63) is 28.3 Å². The van der Waals surface area contributed by atoms with Gasteiger partial charge in [0, 0.05) is 11.8 Å². The minimum Gasteiger partial charge on any atom is -0.490 e. The molecule has 0 radical (unpaired) electrons. The number of nitriles is 1. The van der Waals surface area contributed by atoms with Crippen LogP contribution in [0.3, 0.4) is 0 Å². The van der Waals surface area contributed by atoms with Crippen molar-refractivity contribution in [3.63, 3.8) is 0 Å². The number of hydrogen-bond donors (Lipinski definition) is 2. The summed E-state index contributed by atoms with van der Waals surface area (Å²) in [5.41, 5.74) is -0.280. The molecule has 1 aromatic carbocycles. The third-order valence-corrected chi connectivity index (χ3v) is 2.17. The lowest BCUT2D eigenvalue weighted by atomic mass is 10.2. The number of methoxy groups -OCH3 is 1. The molecule has 2 N–H and O–H groups in total. The highest BCUT2D eigenvalue weighted by Crippen LogP contribution is 2.29. The summed E-state index contributed by atoms with van der Waals surface area (Å²) in [7, 11) is 1.27. The van der Waals surface area contributed by atoms with E-state index in [9.17, 15) is 19.7 Å². The SMILES string of the molecule is COc1ccc(NC(=O)C(=O)NCC#N)cc1[N+](=O)[O-]. The fourth-order valence-electron chi connectivity index (χ4n) is 1.30.